The van der Waals surface area contributed by atoms with Gasteiger partial charge in [0, 0.05) is 0 Å². The molecule has 1 aromatic rings. The van der Waals surface area contributed by atoms with Gasteiger partial charge in [-0.1, -0.05) is 6.07 Å². The first-order chi connectivity index (χ1) is 9.49. The Morgan fingerprint density at radius 3 is 2.75 bits per heavy atom. The molecule has 1 unspecified atom stereocenters. The molecule has 2 amide bonds. The van der Waals surface area contributed by atoms with E-state index in [4.69, 9.17) is 0 Å². The van der Waals surface area contributed by atoms with Gasteiger partial charge in [-0.25, -0.2) is 0 Å². The zero-order valence-electron chi connectivity index (χ0n) is 11.3. The van der Waals surface area contributed by atoms with Crippen molar-refractivity contribution in [3.05, 3.63) is 22.4 Å². The summed E-state index contributed by atoms with van der Waals surface area (Å²) in [6.45, 7) is 2.48. The molecule has 3 rings (SSSR count). The lowest BCUT2D eigenvalue weighted by Gasteiger charge is -2.47. The molecule has 6 heteroatoms. The quantitative estimate of drug-likeness (QED) is 0.865. The zero-order chi connectivity index (χ0) is 14.3. The largest absolute Gasteiger partial charge is 0.386 e. The molecular weight excluding hydrogens is 276 g/mol. The molecule has 0 aromatic carbocycles. The van der Waals surface area contributed by atoms with Gasteiger partial charge in [0.2, 0.25) is 5.91 Å². The van der Waals surface area contributed by atoms with Crippen LogP contribution >= 0.6 is 11.3 Å². The number of thiophene rings is 1. The highest BCUT2D eigenvalue weighted by molar-refractivity contribution is 7.12. The van der Waals surface area contributed by atoms with Crippen molar-refractivity contribution in [3.63, 3.8) is 0 Å². The van der Waals surface area contributed by atoms with E-state index >= 15 is 0 Å². The van der Waals surface area contributed by atoms with Crippen LogP contribution in [0.4, 0.5) is 0 Å². The highest BCUT2D eigenvalue weighted by Crippen LogP contribution is 2.44. The summed E-state index contributed by atoms with van der Waals surface area (Å²) in [5, 5.41) is 14.7. The fraction of sp³-hybridized carbons (Fsp3) is 0.571. The van der Waals surface area contributed by atoms with E-state index in [9.17, 15) is 14.7 Å². The second-order valence-electron chi connectivity index (χ2n) is 5.74. The van der Waals surface area contributed by atoms with Gasteiger partial charge < -0.3 is 15.3 Å². The molecule has 1 saturated heterocycles. The molecule has 1 atom stereocenters. The topological polar surface area (TPSA) is 69.6 Å². The highest BCUT2D eigenvalue weighted by Gasteiger charge is 2.53. The first-order valence-electron chi connectivity index (χ1n) is 6.85. The van der Waals surface area contributed by atoms with E-state index in [1.165, 1.54) is 11.3 Å². The number of carbonyl (C=O) groups excluding carboxylic acids is 2. The number of β-amino-alcohol motifs (C(OH)–C–C–N with tert-alkyl or cyclic N) is 1. The predicted octanol–water partition coefficient (Wildman–Crippen LogP) is 0.850. The van der Waals surface area contributed by atoms with E-state index in [1.54, 1.807) is 24.0 Å². The Labute approximate surface area is 121 Å². The average molecular weight is 294 g/mol. The van der Waals surface area contributed by atoms with Crippen LogP contribution in [0.15, 0.2) is 17.5 Å². The summed E-state index contributed by atoms with van der Waals surface area (Å²) in [6.07, 6.45) is 2.12. The van der Waals surface area contributed by atoms with Crippen LogP contribution in [0, 0.1) is 5.92 Å². The summed E-state index contributed by atoms with van der Waals surface area (Å²) in [5.74, 6) is 0.0154. The van der Waals surface area contributed by atoms with Crippen molar-refractivity contribution in [2.24, 2.45) is 5.92 Å². The number of carbonyl (C=O) groups is 2. The number of amides is 2. The third-order valence-electron chi connectivity index (χ3n) is 4.04. The SMILES string of the molecule is CC(NC(=O)c1cccs1)C(=O)N1CC(O)(C2CC2)C1. The first kappa shape index (κ1) is 13.6. The van der Waals surface area contributed by atoms with Crippen molar-refractivity contribution in [2.75, 3.05) is 13.1 Å². The van der Waals surface area contributed by atoms with Gasteiger partial charge in [0.1, 0.15) is 11.6 Å². The molecule has 108 valence electrons. The number of nitrogens with zero attached hydrogens (tertiary/aromatic N) is 1. The number of likely N-dealkylation sites (tertiary alicyclic amines) is 1. The van der Waals surface area contributed by atoms with E-state index in [-0.39, 0.29) is 11.8 Å². The van der Waals surface area contributed by atoms with Crippen molar-refractivity contribution in [2.45, 2.75) is 31.4 Å². The van der Waals surface area contributed by atoms with Crippen LogP contribution in [0.2, 0.25) is 0 Å². The van der Waals surface area contributed by atoms with Gasteiger partial charge in [0.05, 0.1) is 18.0 Å². The molecule has 2 N–H and O–H groups in total. The lowest BCUT2D eigenvalue weighted by atomic mass is 9.88. The van der Waals surface area contributed by atoms with Gasteiger partial charge in [-0.2, -0.15) is 0 Å². The Balaban J connectivity index is 1.51. The molecule has 0 spiro atoms. The lowest BCUT2D eigenvalue weighted by molar-refractivity contribution is -0.160. The van der Waals surface area contributed by atoms with Gasteiger partial charge in [0.25, 0.3) is 5.91 Å². The molecule has 0 bridgehead atoms. The summed E-state index contributed by atoms with van der Waals surface area (Å²) in [5.41, 5.74) is -0.673. The molecule has 1 aliphatic carbocycles. The molecular formula is C14H18N2O3S. The second kappa shape index (κ2) is 4.86. The summed E-state index contributed by atoms with van der Waals surface area (Å²) in [6, 6.07) is 2.97. The maximum atomic E-state index is 12.2. The van der Waals surface area contributed by atoms with E-state index in [0.717, 1.165) is 12.8 Å². The molecule has 1 aromatic heterocycles. The molecule has 5 nitrogen and oxygen atoms in total. The van der Waals surface area contributed by atoms with Gasteiger partial charge in [0.15, 0.2) is 0 Å². The molecule has 2 heterocycles. The smallest absolute Gasteiger partial charge is 0.261 e. The summed E-state index contributed by atoms with van der Waals surface area (Å²) >= 11 is 1.35. The van der Waals surface area contributed by atoms with Crippen molar-refractivity contribution in [3.8, 4) is 0 Å². The van der Waals surface area contributed by atoms with Crippen molar-refractivity contribution < 1.29 is 14.7 Å². The molecule has 1 saturated carbocycles. The Hall–Kier alpha value is -1.40. The van der Waals surface area contributed by atoms with E-state index in [2.05, 4.69) is 5.32 Å². The molecule has 1 aliphatic heterocycles. The molecule has 2 aliphatic rings. The monoisotopic (exact) mass is 294 g/mol. The Morgan fingerprint density at radius 2 is 2.20 bits per heavy atom. The minimum Gasteiger partial charge on any atom is -0.386 e. The summed E-state index contributed by atoms with van der Waals surface area (Å²) < 4.78 is 0. The van der Waals surface area contributed by atoms with Gasteiger partial charge in [-0.15, -0.1) is 11.3 Å². The Bertz CT molecular complexity index is 519. The van der Waals surface area contributed by atoms with E-state index in [0.29, 0.717) is 23.9 Å². The highest BCUT2D eigenvalue weighted by atomic mass is 32.1. The Morgan fingerprint density at radius 1 is 1.50 bits per heavy atom. The predicted molar refractivity (Wildman–Crippen MR) is 75.5 cm³/mol. The number of aliphatic hydroxyl groups is 1. The normalized spacial score (nSPS) is 22.0. The standard InChI is InChI=1S/C14H18N2O3S/c1-9(15-12(17)11-3-2-6-20-11)13(18)16-7-14(19,8-16)10-4-5-10/h2-3,6,9-10,19H,4-5,7-8H2,1H3,(H,15,17). The fourth-order valence-electron chi connectivity index (χ4n) is 2.66. The fourth-order valence-corrected chi connectivity index (χ4v) is 3.29. The van der Waals surface area contributed by atoms with Gasteiger partial charge in [-0.05, 0) is 37.1 Å². The van der Waals surface area contributed by atoms with E-state index < -0.39 is 11.6 Å². The van der Waals surface area contributed by atoms with Gasteiger partial charge >= 0.3 is 0 Å². The Kier molecular flexibility index (Phi) is 3.30. The van der Waals surface area contributed by atoms with Crippen LogP contribution < -0.4 is 5.32 Å². The maximum Gasteiger partial charge on any atom is 0.261 e. The second-order valence-corrected chi connectivity index (χ2v) is 6.69. The van der Waals surface area contributed by atoms with Crippen LogP contribution in [0.1, 0.15) is 29.4 Å². The van der Waals surface area contributed by atoms with Crippen LogP contribution in [0.5, 0.6) is 0 Å². The first-order valence-corrected chi connectivity index (χ1v) is 7.73. The molecule has 20 heavy (non-hydrogen) atoms. The number of rotatable bonds is 4. The van der Waals surface area contributed by atoms with Crippen molar-refractivity contribution >= 4 is 23.2 Å². The van der Waals surface area contributed by atoms with Crippen molar-refractivity contribution in [1.82, 2.24) is 10.2 Å². The number of nitrogens with one attached hydrogen (secondary N) is 1. The summed E-state index contributed by atoms with van der Waals surface area (Å²) in [7, 11) is 0. The van der Waals surface area contributed by atoms with Crippen LogP contribution in [0.3, 0.4) is 0 Å². The molecule has 0 radical (unpaired) electrons. The third kappa shape index (κ3) is 2.45. The average Bonchev–Trinajstić information content (AvgIpc) is 3.09. The minimum absolute atomic E-state index is 0.125. The minimum atomic E-state index is -0.673. The zero-order valence-corrected chi connectivity index (χ0v) is 12.2. The van der Waals surface area contributed by atoms with Crippen LogP contribution in [-0.2, 0) is 4.79 Å². The van der Waals surface area contributed by atoms with Crippen LogP contribution in [-0.4, -0.2) is 46.6 Å². The van der Waals surface area contributed by atoms with E-state index in [1.807, 2.05) is 5.38 Å². The van der Waals surface area contributed by atoms with Gasteiger partial charge in [-0.3, -0.25) is 9.59 Å². The van der Waals surface area contributed by atoms with Crippen LogP contribution in [0.25, 0.3) is 0 Å². The molecule has 2 fully saturated rings. The van der Waals surface area contributed by atoms with Crippen molar-refractivity contribution in [1.29, 1.82) is 0 Å². The summed E-state index contributed by atoms with van der Waals surface area (Å²) in [4.78, 5) is 26.3. The third-order valence-corrected chi connectivity index (χ3v) is 4.91. The lowest BCUT2D eigenvalue weighted by Crippen LogP contribution is -2.67. The maximum absolute atomic E-state index is 12.2. The number of hydrogen-bond acceptors (Lipinski definition) is 4. The number of hydrogen-bond donors (Lipinski definition) is 2.